The van der Waals surface area contributed by atoms with Gasteiger partial charge in [0.2, 0.25) is 0 Å². The number of hydrogen-bond acceptors (Lipinski definition) is 5. The molecule has 0 saturated carbocycles. The maximum Gasteiger partial charge on any atom is 0.341 e. The third kappa shape index (κ3) is 3.01. The summed E-state index contributed by atoms with van der Waals surface area (Å²) in [5.41, 5.74) is 1.17. The largest absolute Gasteiger partial charge is 0.496 e. The number of nitrogens with zero attached hydrogens (tertiary/aromatic N) is 1. The van der Waals surface area contributed by atoms with Gasteiger partial charge < -0.3 is 14.8 Å². The number of pyridine rings is 1. The summed E-state index contributed by atoms with van der Waals surface area (Å²) >= 11 is 0. The molecule has 0 bridgehead atoms. The number of methoxy groups -OCH3 is 2. The number of anilines is 2. The summed E-state index contributed by atoms with van der Waals surface area (Å²) in [7, 11) is 2.84. The van der Waals surface area contributed by atoms with E-state index in [-0.39, 0.29) is 0 Å². The van der Waals surface area contributed by atoms with Crippen LogP contribution >= 0.6 is 0 Å². The van der Waals surface area contributed by atoms with Gasteiger partial charge in [-0.05, 0) is 24.3 Å². The van der Waals surface area contributed by atoms with Crippen molar-refractivity contribution in [1.82, 2.24) is 4.98 Å². The van der Waals surface area contributed by atoms with E-state index in [4.69, 9.17) is 4.74 Å². The molecule has 19 heavy (non-hydrogen) atoms. The molecule has 1 aromatic heterocycles. The minimum atomic E-state index is -0.429. The first-order chi connectivity index (χ1) is 9.24. The molecule has 2 aromatic rings. The van der Waals surface area contributed by atoms with Crippen molar-refractivity contribution < 1.29 is 14.3 Å². The van der Waals surface area contributed by atoms with Crippen LogP contribution < -0.4 is 10.1 Å². The van der Waals surface area contributed by atoms with Gasteiger partial charge in [0.05, 0.1) is 14.2 Å². The van der Waals surface area contributed by atoms with Crippen molar-refractivity contribution in [2.24, 2.45) is 0 Å². The Morgan fingerprint density at radius 1 is 1.21 bits per heavy atom. The smallest absolute Gasteiger partial charge is 0.341 e. The van der Waals surface area contributed by atoms with Gasteiger partial charge in [-0.2, -0.15) is 0 Å². The fraction of sp³-hybridized carbons (Fsp3) is 0.143. The lowest BCUT2D eigenvalue weighted by Gasteiger charge is -2.10. The van der Waals surface area contributed by atoms with Crippen molar-refractivity contribution in [2.45, 2.75) is 0 Å². The highest BCUT2D eigenvalue weighted by atomic mass is 16.5. The minimum Gasteiger partial charge on any atom is -0.496 e. The monoisotopic (exact) mass is 258 g/mol. The summed E-state index contributed by atoms with van der Waals surface area (Å²) in [5.74, 6) is 0.740. The number of hydrogen-bond donors (Lipinski definition) is 1. The zero-order valence-electron chi connectivity index (χ0n) is 10.7. The van der Waals surface area contributed by atoms with Gasteiger partial charge in [0.25, 0.3) is 0 Å². The Balaban J connectivity index is 2.27. The predicted molar refractivity (Wildman–Crippen MR) is 71.9 cm³/mol. The Morgan fingerprint density at radius 2 is 2.05 bits per heavy atom. The number of carbonyl (C=O) groups is 1. The normalized spacial score (nSPS) is 9.79. The molecule has 0 fully saturated rings. The lowest BCUT2D eigenvalue weighted by molar-refractivity contribution is 0.0597. The average molecular weight is 258 g/mol. The molecule has 98 valence electrons. The van der Waals surface area contributed by atoms with E-state index < -0.39 is 5.97 Å². The van der Waals surface area contributed by atoms with Gasteiger partial charge >= 0.3 is 5.97 Å². The van der Waals surface area contributed by atoms with Crippen LogP contribution in [-0.2, 0) is 4.74 Å². The van der Waals surface area contributed by atoms with E-state index in [1.807, 2.05) is 18.2 Å². The molecule has 1 aromatic carbocycles. The fourth-order valence-corrected chi connectivity index (χ4v) is 1.63. The van der Waals surface area contributed by atoms with Crippen LogP contribution in [0.4, 0.5) is 11.5 Å². The first-order valence-electron chi connectivity index (χ1n) is 5.69. The highest BCUT2D eigenvalue weighted by Gasteiger charge is 2.13. The van der Waals surface area contributed by atoms with E-state index in [1.165, 1.54) is 14.2 Å². The second-order valence-corrected chi connectivity index (χ2v) is 3.75. The minimum absolute atomic E-state index is 0.386. The lowest BCUT2D eigenvalue weighted by atomic mass is 10.2. The SMILES string of the molecule is COC(=O)c1ccc(Nc2ccccn2)cc1OC. The molecule has 0 radical (unpaired) electrons. The number of ether oxygens (including phenoxy) is 2. The molecule has 5 nitrogen and oxygen atoms in total. The molecule has 0 amide bonds. The van der Waals surface area contributed by atoms with E-state index in [1.54, 1.807) is 24.4 Å². The van der Waals surface area contributed by atoms with Crippen molar-refractivity contribution in [3.05, 3.63) is 48.2 Å². The van der Waals surface area contributed by atoms with E-state index in [9.17, 15) is 4.79 Å². The third-order valence-corrected chi connectivity index (χ3v) is 2.54. The van der Waals surface area contributed by atoms with Gasteiger partial charge in [0.1, 0.15) is 17.1 Å². The summed E-state index contributed by atoms with van der Waals surface area (Å²) in [6.07, 6.45) is 1.70. The summed E-state index contributed by atoms with van der Waals surface area (Å²) in [6.45, 7) is 0. The lowest BCUT2D eigenvalue weighted by Crippen LogP contribution is -2.04. The van der Waals surface area contributed by atoms with E-state index in [0.29, 0.717) is 11.3 Å². The van der Waals surface area contributed by atoms with Crippen molar-refractivity contribution in [1.29, 1.82) is 0 Å². The van der Waals surface area contributed by atoms with Crippen LogP contribution in [0.5, 0.6) is 5.75 Å². The van der Waals surface area contributed by atoms with Crippen LogP contribution in [0.15, 0.2) is 42.6 Å². The molecule has 0 aliphatic heterocycles. The highest BCUT2D eigenvalue weighted by Crippen LogP contribution is 2.25. The van der Waals surface area contributed by atoms with E-state index in [0.717, 1.165) is 11.5 Å². The number of aromatic nitrogens is 1. The molecule has 0 aliphatic carbocycles. The standard InChI is InChI=1S/C14H14N2O3/c1-18-12-9-10(6-7-11(12)14(17)19-2)16-13-5-3-4-8-15-13/h3-9H,1-2H3,(H,15,16). The molecule has 0 unspecified atom stereocenters. The second-order valence-electron chi connectivity index (χ2n) is 3.75. The number of carbonyl (C=O) groups excluding carboxylic acids is 1. The molecule has 0 saturated heterocycles. The quantitative estimate of drug-likeness (QED) is 0.854. The molecule has 5 heteroatoms. The van der Waals surface area contributed by atoms with Crippen LogP contribution in [0.3, 0.4) is 0 Å². The molecular formula is C14H14N2O3. The Hall–Kier alpha value is -2.56. The van der Waals surface area contributed by atoms with Crippen LogP contribution in [0.25, 0.3) is 0 Å². The number of nitrogens with one attached hydrogen (secondary N) is 1. The molecule has 2 rings (SSSR count). The highest BCUT2D eigenvalue weighted by molar-refractivity contribution is 5.93. The van der Waals surface area contributed by atoms with E-state index in [2.05, 4.69) is 15.0 Å². The molecular weight excluding hydrogens is 244 g/mol. The zero-order chi connectivity index (χ0) is 13.7. The summed E-state index contributed by atoms with van der Waals surface area (Å²) < 4.78 is 9.87. The topological polar surface area (TPSA) is 60.5 Å². The van der Waals surface area contributed by atoms with Crippen LogP contribution in [0, 0.1) is 0 Å². The Kier molecular flexibility index (Phi) is 3.97. The number of esters is 1. The van der Waals surface area contributed by atoms with Crippen LogP contribution in [0.1, 0.15) is 10.4 Å². The van der Waals surface area contributed by atoms with Gasteiger partial charge in [-0.15, -0.1) is 0 Å². The molecule has 0 atom stereocenters. The van der Waals surface area contributed by atoms with Gasteiger partial charge in [-0.1, -0.05) is 6.07 Å². The maximum absolute atomic E-state index is 11.5. The summed E-state index contributed by atoms with van der Waals surface area (Å²) in [4.78, 5) is 15.7. The van der Waals surface area contributed by atoms with Crippen molar-refractivity contribution in [3.63, 3.8) is 0 Å². The Bertz CT molecular complexity index is 570. The zero-order valence-corrected chi connectivity index (χ0v) is 10.7. The van der Waals surface area contributed by atoms with Crippen molar-refractivity contribution in [3.8, 4) is 5.75 Å². The maximum atomic E-state index is 11.5. The molecule has 1 heterocycles. The van der Waals surface area contributed by atoms with Crippen LogP contribution in [-0.4, -0.2) is 25.2 Å². The summed E-state index contributed by atoms with van der Waals surface area (Å²) in [5, 5.41) is 3.12. The molecule has 0 spiro atoms. The molecule has 0 aliphatic rings. The Morgan fingerprint density at radius 3 is 2.68 bits per heavy atom. The van der Waals surface area contributed by atoms with Crippen molar-refractivity contribution >= 4 is 17.5 Å². The second kappa shape index (κ2) is 5.86. The van der Waals surface area contributed by atoms with Gasteiger partial charge in [0.15, 0.2) is 0 Å². The number of benzene rings is 1. The average Bonchev–Trinajstić information content (AvgIpc) is 2.47. The van der Waals surface area contributed by atoms with Gasteiger partial charge in [-0.25, -0.2) is 9.78 Å². The summed E-state index contributed by atoms with van der Waals surface area (Å²) in [6, 6.07) is 10.7. The number of rotatable bonds is 4. The first kappa shape index (κ1) is 12.9. The molecule has 1 N–H and O–H groups in total. The van der Waals surface area contributed by atoms with E-state index >= 15 is 0 Å². The first-order valence-corrected chi connectivity index (χ1v) is 5.69. The Labute approximate surface area is 111 Å². The fourth-order valence-electron chi connectivity index (χ4n) is 1.63. The third-order valence-electron chi connectivity index (χ3n) is 2.54. The van der Waals surface area contributed by atoms with Gasteiger partial charge in [0, 0.05) is 18.0 Å². The van der Waals surface area contributed by atoms with Gasteiger partial charge in [-0.3, -0.25) is 0 Å². The van der Waals surface area contributed by atoms with Crippen molar-refractivity contribution in [2.75, 3.05) is 19.5 Å². The predicted octanol–water partition coefficient (Wildman–Crippen LogP) is 2.62. The van der Waals surface area contributed by atoms with Crippen LogP contribution in [0.2, 0.25) is 0 Å².